The summed E-state index contributed by atoms with van der Waals surface area (Å²) in [5.74, 6) is -2.21. The van der Waals surface area contributed by atoms with Crippen LogP contribution in [0.5, 0.6) is 0 Å². The number of carbonyl (C=O) groups is 4. The number of aliphatic carboxylic acids is 1. The van der Waals surface area contributed by atoms with E-state index < -0.39 is 36.3 Å². The minimum atomic E-state index is -1.18. The Balaban J connectivity index is 2.48. The van der Waals surface area contributed by atoms with Crippen LogP contribution in [-0.2, 0) is 19.2 Å². The van der Waals surface area contributed by atoms with Crippen molar-refractivity contribution in [1.82, 2.24) is 16.0 Å². The number of carbonyl (C=O) groups excluding carboxylic acids is 3. The van der Waals surface area contributed by atoms with E-state index in [4.69, 9.17) is 9.52 Å². The van der Waals surface area contributed by atoms with Crippen molar-refractivity contribution in [3.8, 4) is 0 Å². The summed E-state index contributed by atoms with van der Waals surface area (Å²) in [7, 11) is 0. The summed E-state index contributed by atoms with van der Waals surface area (Å²) < 4.78 is 5.03. The van der Waals surface area contributed by atoms with Gasteiger partial charge in [-0.1, -0.05) is 13.8 Å². The molecule has 26 heavy (non-hydrogen) atoms. The van der Waals surface area contributed by atoms with Crippen molar-refractivity contribution in [2.45, 2.75) is 26.3 Å². The van der Waals surface area contributed by atoms with E-state index in [0.717, 1.165) is 0 Å². The number of amides is 3. The highest BCUT2D eigenvalue weighted by Crippen LogP contribution is 2.05. The van der Waals surface area contributed by atoms with Crippen LogP contribution in [0.4, 0.5) is 0 Å². The van der Waals surface area contributed by atoms with Gasteiger partial charge in [-0.05, 0) is 30.5 Å². The van der Waals surface area contributed by atoms with Crippen LogP contribution in [0.3, 0.4) is 0 Å². The summed E-state index contributed by atoms with van der Waals surface area (Å²) in [5, 5.41) is 15.7. The van der Waals surface area contributed by atoms with Crippen molar-refractivity contribution in [3.05, 3.63) is 30.2 Å². The summed E-state index contributed by atoms with van der Waals surface area (Å²) in [4.78, 5) is 46.1. The maximum absolute atomic E-state index is 12.0. The molecule has 0 bridgehead atoms. The lowest BCUT2D eigenvalue weighted by Gasteiger charge is -2.19. The summed E-state index contributed by atoms with van der Waals surface area (Å²) in [6.45, 7) is 2.88. The molecule has 0 unspecified atom stereocenters. The molecule has 0 fully saturated rings. The molecule has 0 saturated heterocycles. The van der Waals surface area contributed by atoms with Crippen LogP contribution in [0.2, 0.25) is 0 Å². The first kappa shape index (κ1) is 20.9. The lowest BCUT2D eigenvalue weighted by Crippen LogP contribution is -2.50. The molecule has 1 aromatic rings. The minimum absolute atomic E-state index is 0.0988. The monoisotopic (exact) mass is 365 g/mol. The molecule has 0 spiro atoms. The zero-order valence-corrected chi connectivity index (χ0v) is 14.7. The molecule has 0 radical (unpaired) electrons. The maximum atomic E-state index is 12.0. The number of rotatable bonds is 10. The Bertz CT molecular complexity index is 651. The third-order valence-electron chi connectivity index (χ3n) is 3.14. The summed E-state index contributed by atoms with van der Waals surface area (Å²) in [6, 6.07) is 2.47. The average molecular weight is 365 g/mol. The topological polar surface area (TPSA) is 138 Å². The number of nitrogens with one attached hydrogen (secondary N) is 3. The molecular formula is C17H23N3O6. The molecule has 0 aromatic carbocycles. The van der Waals surface area contributed by atoms with Gasteiger partial charge in [0, 0.05) is 6.08 Å². The molecular weight excluding hydrogens is 342 g/mol. The van der Waals surface area contributed by atoms with Gasteiger partial charge in [0.25, 0.3) is 0 Å². The highest BCUT2D eigenvalue weighted by Gasteiger charge is 2.22. The first-order valence-corrected chi connectivity index (χ1v) is 8.06. The number of furan rings is 1. The lowest BCUT2D eigenvalue weighted by atomic mass is 10.0. The molecule has 1 atom stereocenters. The summed E-state index contributed by atoms with van der Waals surface area (Å²) in [5.41, 5.74) is 0. The van der Waals surface area contributed by atoms with Crippen LogP contribution >= 0.6 is 0 Å². The van der Waals surface area contributed by atoms with E-state index in [1.165, 1.54) is 18.4 Å². The predicted molar refractivity (Wildman–Crippen MR) is 92.8 cm³/mol. The molecule has 1 heterocycles. The van der Waals surface area contributed by atoms with Crippen molar-refractivity contribution in [2.24, 2.45) is 5.92 Å². The van der Waals surface area contributed by atoms with E-state index in [1.54, 1.807) is 12.1 Å². The molecule has 0 aliphatic carbocycles. The first-order chi connectivity index (χ1) is 12.3. The normalized spacial score (nSPS) is 12.0. The first-order valence-electron chi connectivity index (χ1n) is 8.06. The molecule has 1 rings (SSSR count). The van der Waals surface area contributed by atoms with Gasteiger partial charge >= 0.3 is 5.97 Å². The molecule has 1 aromatic heterocycles. The van der Waals surface area contributed by atoms with Crippen molar-refractivity contribution in [3.63, 3.8) is 0 Å². The zero-order chi connectivity index (χ0) is 19.5. The zero-order valence-electron chi connectivity index (χ0n) is 14.7. The Hall–Kier alpha value is -3.10. The van der Waals surface area contributed by atoms with Gasteiger partial charge in [-0.2, -0.15) is 0 Å². The number of carboxylic acids is 1. The molecule has 0 saturated carbocycles. The summed E-state index contributed by atoms with van der Waals surface area (Å²) in [6.07, 6.45) is 4.48. The van der Waals surface area contributed by atoms with Crippen molar-refractivity contribution >= 4 is 29.8 Å². The Kier molecular flexibility index (Phi) is 8.62. The van der Waals surface area contributed by atoms with Crippen molar-refractivity contribution in [2.75, 3.05) is 13.1 Å². The van der Waals surface area contributed by atoms with E-state index in [1.807, 2.05) is 13.8 Å². The fraction of sp³-hybridized carbons (Fsp3) is 0.412. The number of hydrogen-bond donors (Lipinski definition) is 4. The molecule has 142 valence electrons. The van der Waals surface area contributed by atoms with Crippen molar-refractivity contribution in [1.29, 1.82) is 0 Å². The van der Waals surface area contributed by atoms with Crippen LogP contribution in [0.25, 0.3) is 6.08 Å². The van der Waals surface area contributed by atoms with E-state index in [9.17, 15) is 19.2 Å². The Morgan fingerprint density at radius 3 is 2.50 bits per heavy atom. The fourth-order valence-electron chi connectivity index (χ4n) is 2.00. The van der Waals surface area contributed by atoms with Gasteiger partial charge in [-0.3, -0.25) is 19.2 Å². The second-order valence-corrected chi connectivity index (χ2v) is 5.93. The van der Waals surface area contributed by atoms with Gasteiger partial charge in [0.15, 0.2) is 0 Å². The molecule has 9 heteroatoms. The van der Waals surface area contributed by atoms with Crippen LogP contribution in [0.15, 0.2) is 28.9 Å². The Morgan fingerprint density at radius 2 is 1.92 bits per heavy atom. The van der Waals surface area contributed by atoms with E-state index >= 15 is 0 Å². The fourth-order valence-corrected chi connectivity index (χ4v) is 2.00. The van der Waals surface area contributed by atoms with Gasteiger partial charge < -0.3 is 25.5 Å². The molecule has 9 nitrogen and oxygen atoms in total. The second-order valence-electron chi connectivity index (χ2n) is 5.93. The smallest absolute Gasteiger partial charge is 0.322 e. The maximum Gasteiger partial charge on any atom is 0.322 e. The molecule has 0 aliphatic heterocycles. The quantitative estimate of drug-likeness (QED) is 0.435. The van der Waals surface area contributed by atoms with Gasteiger partial charge in [-0.25, -0.2) is 0 Å². The van der Waals surface area contributed by atoms with Crippen molar-refractivity contribution < 1.29 is 28.7 Å². The number of hydrogen-bond acceptors (Lipinski definition) is 5. The third-order valence-corrected chi connectivity index (χ3v) is 3.14. The number of carboxylic acid groups (broad SMARTS) is 1. The van der Waals surface area contributed by atoms with E-state index in [2.05, 4.69) is 16.0 Å². The van der Waals surface area contributed by atoms with Gasteiger partial charge in [0.2, 0.25) is 17.7 Å². The lowest BCUT2D eigenvalue weighted by molar-refractivity contribution is -0.138. The second kappa shape index (κ2) is 10.7. The highest BCUT2D eigenvalue weighted by atomic mass is 16.4. The van der Waals surface area contributed by atoms with E-state index in [0.29, 0.717) is 12.2 Å². The predicted octanol–water partition coefficient (Wildman–Crippen LogP) is 0.141. The van der Waals surface area contributed by atoms with Gasteiger partial charge in [-0.15, -0.1) is 0 Å². The highest BCUT2D eigenvalue weighted by molar-refractivity contribution is 5.95. The van der Waals surface area contributed by atoms with Crippen LogP contribution < -0.4 is 16.0 Å². The standard InChI is InChI=1S/C17H23N3O6/c1-11(2)8-13(17(25)19-10-16(23)24)20-15(22)9-18-14(21)6-5-12-4-3-7-26-12/h3-7,11,13H,8-10H2,1-2H3,(H,18,21)(H,19,25)(H,20,22)(H,23,24)/t13-/m0/s1. The third kappa shape index (κ3) is 8.67. The molecule has 4 N–H and O–H groups in total. The molecule has 0 aliphatic rings. The van der Waals surface area contributed by atoms with Crippen LogP contribution in [0, 0.1) is 5.92 Å². The van der Waals surface area contributed by atoms with Gasteiger partial charge in [0.1, 0.15) is 18.3 Å². The summed E-state index contributed by atoms with van der Waals surface area (Å²) >= 11 is 0. The SMILES string of the molecule is CC(C)C[C@H](NC(=O)CNC(=O)C=Cc1ccco1)C(=O)NCC(=O)O. The van der Waals surface area contributed by atoms with E-state index in [-0.39, 0.29) is 12.5 Å². The largest absolute Gasteiger partial charge is 0.480 e. The van der Waals surface area contributed by atoms with Crippen LogP contribution in [0.1, 0.15) is 26.0 Å². The average Bonchev–Trinajstić information content (AvgIpc) is 3.08. The minimum Gasteiger partial charge on any atom is -0.480 e. The van der Waals surface area contributed by atoms with Crippen LogP contribution in [-0.4, -0.2) is 47.9 Å². The Labute approximate surface area is 150 Å². The Morgan fingerprint density at radius 1 is 1.19 bits per heavy atom. The van der Waals surface area contributed by atoms with Gasteiger partial charge in [0.05, 0.1) is 12.8 Å². The molecule has 3 amide bonds.